The molecule has 0 fully saturated rings. The lowest BCUT2D eigenvalue weighted by atomic mass is 10.1. The molecule has 0 bridgehead atoms. The highest BCUT2D eigenvalue weighted by atomic mass is 35.5. The molecule has 4 rings (SSSR count). The Balaban J connectivity index is 1.43. The fraction of sp³-hybridized carbons (Fsp3) is 0.200. The van der Waals surface area contributed by atoms with Gasteiger partial charge in [-0.2, -0.15) is 0 Å². The van der Waals surface area contributed by atoms with Crippen LogP contribution in [-0.4, -0.2) is 28.7 Å². The lowest BCUT2D eigenvalue weighted by Gasteiger charge is -2.20. The summed E-state index contributed by atoms with van der Waals surface area (Å²) in [5.74, 6) is 1.00. The lowest BCUT2D eigenvalue weighted by molar-refractivity contribution is -0.115. The molecular weight excluding hydrogens is 366 g/mol. The van der Waals surface area contributed by atoms with Crippen molar-refractivity contribution in [3.8, 4) is 11.5 Å². The molecule has 7 heteroatoms. The summed E-state index contributed by atoms with van der Waals surface area (Å²) in [5, 5.41) is 3.39. The summed E-state index contributed by atoms with van der Waals surface area (Å²) in [7, 11) is 0. The van der Waals surface area contributed by atoms with E-state index in [2.05, 4.69) is 10.3 Å². The molecule has 0 saturated heterocycles. The summed E-state index contributed by atoms with van der Waals surface area (Å²) < 4.78 is 13.0. The number of rotatable bonds is 5. The molecule has 0 atom stereocenters. The number of carbonyl (C=O) groups is 1. The molecule has 3 aromatic rings. The number of nitrogens with one attached hydrogen (secondary N) is 1. The standard InChI is InChI=1S/C20H18ClN3O3/c21-17-9-15(10-18-20(17)27-7-6-26-18)11-19(25)23-16-3-1-2-14(8-16)12-24-5-4-22-13-24/h1-5,8-10,13H,6-7,11-12H2,(H,23,25). The maximum absolute atomic E-state index is 12.4. The number of aromatic nitrogens is 2. The van der Waals surface area contributed by atoms with E-state index in [0.717, 1.165) is 16.8 Å². The van der Waals surface area contributed by atoms with Crippen molar-refractivity contribution in [3.05, 3.63) is 71.3 Å². The average Bonchev–Trinajstić information content (AvgIpc) is 3.15. The second-order valence-corrected chi connectivity index (χ2v) is 6.67. The SMILES string of the molecule is O=C(Cc1cc(Cl)c2c(c1)OCCO2)Nc1cccc(Cn2ccnc2)c1. The van der Waals surface area contributed by atoms with Crippen molar-refractivity contribution in [2.45, 2.75) is 13.0 Å². The minimum absolute atomic E-state index is 0.123. The van der Waals surface area contributed by atoms with E-state index in [1.165, 1.54) is 0 Å². The van der Waals surface area contributed by atoms with Gasteiger partial charge in [-0.1, -0.05) is 23.7 Å². The van der Waals surface area contributed by atoms with Gasteiger partial charge in [-0.15, -0.1) is 0 Å². The van der Waals surface area contributed by atoms with Crippen molar-refractivity contribution < 1.29 is 14.3 Å². The summed E-state index contributed by atoms with van der Waals surface area (Å²) in [4.78, 5) is 16.5. The Labute approximate surface area is 161 Å². The van der Waals surface area contributed by atoms with Crippen LogP contribution >= 0.6 is 11.6 Å². The Kier molecular flexibility index (Phi) is 4.98. The average molecular weight is 384 g/mol. The van der Waals surface area contributed by atoms with Gasteiger partial charge in [0.2, 0.25) is 5.91 Å². The van der Waals surface area contributed by atoms with Crippen LogP contribution in [0.5, 0.6) is 11.5 Å². The summed E-state index contributed by atoms with van der Waals surface area (Å²) in [6.07, 6.45) is 5.60. The van der Waals surface area contributed by atoms with Crippen LogP contribution in [0.1, 0.15) is 11.1 Å². The molecule has 2 heterocycles. The van der Waals surface area contributed by atoms with Crippen LogP contribution in [0.4, 0.5) is 5.69 Å². The molecule has 0 unspecified atom stereocenters. The van der Waals surface area contributed by atoms with Crippen LogP contribution in [0.2, 0.25) is 5.02 Å². The van der Waals surface area contributed by atoms with E-state index in [9.17, 15) is 4.79 Å². The highest BCUT2D eigenvalue weighted by molar-refractivity contribution is 6.32. The first-order valence-corrected chi connectivity index (χ1v) is 8.98. The van der Waals surface area contributed by atoms with Gasteiger partial charge in [-0.25, -0.2) is 4.98 Å². The van der Waals surface area contributed by atoms with Gasteiger partial charge in [0.1, 0.15) is 13.2 Å². The Hall–Kier alpha value is -2.99. The van der Waals surface area contributed by atoms with Crippen LogP contribution in [0.3, 0.4) is 0 Å². The van der Waals surface area contributed by atoms with E-state index in [1.807, 2.05) is 35.0 Å². The minimum Gasteiger partial charge on any atom is -0.486 e. The van der Waals surface area contributed by atoms with Gasteiger partial charge in [-0.05, 0) is 35.4 Å². The number of anilines is 1. The van der Waals surface area contributed by atoms with Crippen molar-refractivity contribution in [3.63, 3.8) is 0 Å². The number of imidazole rings is 1. The molecule has 0 saturated carbocycles. The molecule has 27 heavy (non-hydrogen) atoms. The Morgan fingerprint density at radius 1 is 1.19 bits per heavy atom. The molecule has 0 aliphatic carbocycles. The zero-order valence-electron chi connectivity index (χ0n) is 14.5. The van der Waals surface area contributed by atoms with Crippen molar-refractivity contribution in [1.82, 2.24) is 9.55 Å². The Morgan fingerprint density at radius 2 is 2.07 bits per heavy atom. The van der Waals surface area contributed by atoms with E-state index in [-0.39, 0.29) is 12.3 Å². The molecule has 0 radical (unpaired) electrons. The normalized spacial score (nSPS) is 12.6. The zero-order valence-corrected chi connectivity index (χ0v) is 15.3. The molecule has 138 valence electrons. The van der Waals surface area contributed by atoms with Crippen LogP contribution in [0.15, 0.2) is 55.1 Å². The number of hydrogen-bond acceptors (Lipinski definition) is 4. The number of amides is 1. The van der Waals surface area contributed by atoms with E-state index in [4.69, 9.17) is 21.1 Å². The smallest absolute Gasteiger partial charge is 0.228 e. The molecule has 1 N–H and O–H groups in total. The van der Waals surface area contributed by atoms with Crippen molar-refractivity contribution in [1.29, 1.82) is 0 Å². The largest absolute Gasteiger partial charge is 0.486 e. The molecule has 1 aliphatic rings. The Bertz CT molecular complexity index is 957. The van der Waals surface area contributed by atoms with Gasteiger partial charge >= 0.3 is 0 Å². The number of carbonyl (C=O) groups excluding carboxylic acids is 1. The number of nitrogens with zero attached hydrogens (tertiary/aromatic N) is 2. The highest BCUT2D eigenvalue weighted by Crippen LogP contribution is 2.38. The van der Waals surface area contributed by atoms with Gasteiger partial charge in [-0.3, -0.25) is 4.79 Å². The highest BCUT2D eigenvalue weighted by Gasteiger charge is 2.17. The van der Waals surface area contributed by atoms with Gasteiger partial charge in [0.25, 0.3) is 0 Å². The van der Waals surface area contributed by atoms with E-state index in [0.29, 0.717) is 36.3 Å². The van der Waals surface area contributed by atoms with Crippen LogP contribution in [0.25, 0.3) is 0 Å². The molecule has 1 aromatic heterocycles. The minimum atomic E-state index is -0.123. The topological polar surface area (TPSA) is 65.4 Å². The molecule has 6 nitrogen and oxygen atoms in total. The molecular formula is C20H18ClN3O3. The fourth-order valence-electron chi connectivity index (χ4n) is 3.00. The van der Waals surface area contributed by atoms with Crippen molar-refractivity contribution in [2.24, 2.45) is 0 Å². The molecule has 1 aliphatic heterocycles. The zero-order chi connectivity index (χ0) is 18.6. The van der Waals surface area contributed by atoms with Crippen molar-refractivity contribution >= 4 is 23.2 Å². The first kappa shape index (κ1) is 17.4. The first-order valence-electron chi connectivity index (χ1n) is 8.60. The summed E-state index contributed by atoms with van der Waals surface area (Å²) in [6.45, 7) is 1.64. The van der Waals surface area contributed by atoms with Gasteiger partial charge in [0, 0.05) is 24.6 Å². The van der Waals surface area contributed by atoms with Gasteiger partial charge in [0.15, 0.2) is 11.5 Å². The van der Waals surface area contributed by atoms with Crippen LogP contribution in [-0.2, 0) is 17.8 Å². The lowest BCUT2D eigenvalue weighted by Crippen LogP contribution is -2.17. The van der Waals surface area contributed by atoms with Crippen LogP contribution in [0, 0.1) is 0 Å². The number of halogens is 1. The number of fused-ring (bicyclic) bond motifs is 1. The number of ether oxygens (including phenoxy) is 2. The van der Waals surface area contributed by atoms with E-state index in [1.54, 1.807) is 24.7 Å². The maximum atomic E-state index is 12.4. The quantitative estimate of drug-likeness (QED) is 0.732. The van der Waals surface area contributed by atoms with Gasteiger partial charge < -0.3 is 19.4 Å². The van der Waals surface area contributed by atoms with Crippen LogP contribution < -0.4 is 14.8 Å². The molecule has 0 spiro atoms. The predicted molar refractivity (Wildman–Crippen MR) is 103 cm³/mol. The van der Waals surface area contributed by atoms with E-state index < -0.39 is 0 Å². The van der Waals surface area contributed by atoms with E-state index >= 15 is 0 Å². The molecule has 1 amide bonds. The summed E-state index contributed by atoms with van der Waals surface area (Å²) >= 11 is 6.24. The second-order valence-electron chi connectivity index (χ2n) is 6.26. The Morgan fingerprint density at radius 3 is 2.93 bits per heavy atom. The third-order valence-electron chi connectivity index (χ3n) is 4.16. The summed E-state index contributed by atoms with van der Waals surface area (Å²) in [5.41, 5.74) is 2.60. The molecule has 2 aromatic carbocycles. The maximum Gasteiger partial charge on any atom is 0.228 e. The van der Waals surface area contributed by atoms with Crippen molar-refractivity contribution in [2.75, 3.05) is 18.5 Å². The predicted octanol–water partition coefficient (Wildman–Crippen LogP) is 3.54. The number of hydrogen-bond donors (Lipinski definition) is 1. The summed E-state index contributed by atoms with van der Waals surface area (Å²) in [6, 6.07) is 11.3. The first-order chi connectivity index (χ1) is 13.2. The fourth-order valence-corrected chi connectivity index (χ4v) is 3.28. The monoisotopic (exact) mass is 383 g/mol. The third kappa shape index (κ3) is 4.23. The third-order valence-corrected chi connectivity index (χ3v) is 4.44. The second kappa shape index (κ2) is 7.72. The van der Waals surface area contributed by atoms with Gasteiger partial charge in [0.05, 0.1) is 17.8 Å². The number of benzene rings is 2.